The number of nitrogens with zero attached hydrogens (tertiary/aromatic N) is 4. The topological polar surface area (TPSA) is 128 Å². The maximum Gasteiger partial charge on any atom is 0.270 e. The number of hydrogen-bond acceptors (Lipinski definition) is 6. The number of anilines is 1. The molecule has 1 aliphatic rings. The molecule has 3 amide bonds. The van der Waals surface area contributed by atoms with Crippen molar-refractivity contribution in [1.29, 1.82) is 5.26 Å². The molecule has 0 saturated carbocycles. The molecule has 0 aliphatic carbocycles. The first-order chi connectivity index (χ1) is 20.1. The molecular formula is C30H21F3N6O3. The van der Waals surface area contributed by atoms with E-state index in [0.29, 0.717) is 28.4 Å². The van der Waals surface area contributed by atoms with Gasteiger partial charge >= 0.3 is 0 Å². The molecule has 1 aliphatic heterocycles. The lowest BCUT2D eigenvalue weighted by Crippen LogP contribution is -2.36. The van der Waals surface area contributed by atoms with E-state index in [1.54, 1.807) is 25.1 Å². The van der Waals surface area contributed by atoms with Crippen LogP contribution in [-0.2, 0) is 6.54 Å². The summed E-state index contributed by atoms with van der Waals surface area (Å²) in [5.74, 6) is -4.19. The lowest BCUT2D eigenvalue weighted by molar-refractivity contribution is 0.0924. The van der Waals surface area contributed by atoms with Crippen molar-refractivity contribution in [3.63, 3.8) is 0 Å². The molecule has 1 unspecified atom stereocenters. The van der Waals surface area contributed by atoms with Crippen LogP contribution >= 0.6 is 0 Å². The second-order valence-electron chi connectivity index (χ2n) is 9.54. The summed E-state index contributed by atoms with van der Waals surface area (Å²) in [5, 5.41) is 14.8. The molecule has 3 aromatic carbocycles. The van der Waals surface area contributed by atoms with Crippen molar-refractivity contribution in [2.75, 3.05) is 11.4 Å². The smallest absolute Gasteiger partial charge is 0.270 e. The van der Waals surface area contributed by atoms with Crippen molar-refractivity contribution in [2.45, 2.75) is 19.5 Å². The number of fused-ring (bicyclic) bond motifs is 1. The summed E-state index contributed by atoms with van der Waals surface area (Å²) in [6, 6.07) is 13.8. The van der Waals surface area contributed by atoms with Crippen molar-refractivity contribution in [2.24, 2.45) is 0 Å². The summed E-state index contributed by atoms with van der Waals surface area (Å²) >= 11 is 0. The fourth-order valence-corrected chi connectivity index (χ4v) is 4.60. The van der Waals surface area contributed by atoms with Crippen molar-refractivity contribution in [1.82, 2.24) is 20.6 Å². The largest absolute Gasteiger partial charge is 0.347 e. The van der Waals surface area contributed by atoms with Gasteiger partial charge in [0.15, 0.2) is 0 Å². The summed E-state index contributed by atoms with van der Waals surface area (Å²) < 4.78 is 41.1. The fourth-order valence-electron chi connectivity index (χ4n) is 4.60. The highest BCUT2D eigenvalue weighted by Crippen LogP contribution is 2.37. The minimum Gasteiger partial charge on any atom is -0.347 e. The number of halogens is 3. The van der Waals surface area contributed by atoms with Gasteiger partial charge in [0.05, 0.1) is 29.9 Å². The molecule has 0 fully saturated rings. The highest BCUT2D eigenvalue weighted by atomic mass is 19.1. The predicted octanol–water partition coefficient (Wildman–Crippen LogP) is 4.14. The number of rotatable bonds is 6. The van der Waals surface area contributed by atoms with Crippen molar-refractivity contribution in [3.8, 4) is 6.07 Å². The lowest BCUT2D eigenvalue weighted by atomic mass is 10.1. The van der Waals surface area contributed by atoms with Crippen LogP contribution in [0.25, 0.3) is 0 Å². The van der Waals surface area contributed by atoms with Gasteiger partial charge in [-0.2, -0.15) is 5.26 Å². The lowest BCUT2D eigenvalue weighted by Gasteiger charge is -2.18. The normalized spacial score (nSPS) is 13.7. The van der Waals surface area contributed by atoms with E-state index in [0.717, 1.165) is 18.5 Å². The molecule has 0 saturated heterocycles. The zero-order chi connectivity index (χ0) is 30.0. The average Bonchev–Trinajstić information content (AvgIpc) is 3.33. The maximum absolute atomic E-state index is 13.8. The van der Waals surface area contributed by atoms with Crippen molar-refractivity contribution < 1.29 is 27.6 Å². The number of aromatic nitrogens is 2. The van der Waals surface area contributed by atoms with Gasteiger partial charge in [0.1, 0.15) is 35.2 Å². The van der Waals surface area contributed by atoms with E-state index in [1.807, 2.05) is 6.07 Å². The molecule has 0 bridgehead atoms. The summed E-state index contributed by atoms with van der Waals surface area (Å²) in [7, 11) is 0. The molecule has 42 heavy (non-hydrogen) atoms. The van der Waals surface area contributed by atoms with E-state index >= 15 is 0 Å². The van der Waals surface area contributed by atoms with Crippen LogP contribution < -0.4 is 15.5 Å². The molecule has 0 spiro atoms. The molecule has 5 rings (SSSR count). The Bertz CT molecular complexity index is 1770. The van der Waals surface area contributed by atoms with E-state index in [1.165, 1.54) is 29.2 Å². The molecule has 2 heterocycles. The van der Waals surface area contributed by atoms with E-state index < -0.39 is 35.4 Å². The molecular weight excluding hydrogens is 549 g/mol. The molecule has 12 heteroatoms. The standard InChI is InChI=1S/C30H21F3N6O3/c1-16-6-18(3-5-23(16)33)13-35-28(40)24-11-25(37-15-36-24)29(41)38-26-14-39(27-7-17(12-34)2-4-22(26)27)30(42)19-8-20(31)10-21(32)9-19/h2-11,15,26H,13-14H2,1H3,(H,35,40)(H,38,41). The Morgan fingerprint density at radius 2 is 1.67 bits per heavy atom. The number of aryl methyl sites for hydroxylation is 1. The SMILES string of the molecule is Cc1cc(CNC(=O)c2cc(C(=O)NC3CN(C(=O)c4cc(F)cc(F)c4)c4cc(C#N)ccc43)ncn2)ccc1F. The third kappa shape index (κ3) is 5.80. The van der Waals surface area contributed by atoms with Gasteiger partial charge in [-0.25, -0.2) is 23.1 Å². The number of benzene rings is 3. The van der Waals surface area contributed by atoms with Gasteiger partial charge in [0.25, 0.3) is 17.7 Å². The van der Waals surface area contributed by atoms with Gasteiger partial charge in [-0.1, -0.05) is 18.2 Å². The molecule has 0 radical (unpaired) electrons. The molecule has 9 nitrogen and oxygen atoms in total. The Morgan fingerprint density at radius 3 is 2.36 bits per heavy atom. The zero-order valence-electron chi connectivity index (χ0n) is 22.0. The summed E-state index contributed by atoms with van der Waals surface area (Å²) in [5.41, 5.74) is 1.70. The highest BCUT2D eigenvalue weighted by Gasteiger charge is 2.35. The Balaban J connectivity index is 1.33. The molecule has 2 N–H and O–H groups in total. The third-order valence-corrected chi connectivity index (χ3v) is 6.66. The van der Waals surface area contributed by atoms with Crippen LogP contribution in [0.4, 0.5) is 18.9 Å². The highest BCUT2D eigenvalue weighted by molar-refractivity contribution is 6.08. The quantitative estimate of drug-likeness (QED) is 0.359. The summed E-state index contributed by atoms with van der Waals surface area (Å²) in [6.07, 6.45) is 1.06. The van der Waals surface area contributed by atoms with Gasteiger partial charge < -0.3 is 15.5 Å². The van der Waals surface area contributed by atoms with Crippen LogP contribution in [0.3, 0.4) is 0 Å². The van der Waals surface area contributed by atoms with Gasteiger partial charge in [0, 0.05) is 29.8 Å². The van der Waals surface area contributed by atoms with E-state index in [9.17, 15) is 32.8 Å². The van der Waals surface area contributed by atoms with Crippen LogP contribution in [-0.4, -0.2) is 34.2 Å². The number of hydrogen-bond donors (Lipinski definition) is 2. The second-order valence-corrected chi connectivity index (χ2v) is 9.54. The minimum absolute atomic E-state index is 0.0793. The van der Waals surface area contributed by atoms with Crippen molar-refractivity contribution in [3.05, 3.63) is 124 Å². The molecule has 1 atom stereocenters. The number of carbonyl (C=O) groups is 3. The van der Waals surface area contributed by atoms with E-state index in [4.69, 9.17) is 0 Å². The van der Waals surface area contributed by atoms with Crippen molar-refractivity contribution >= 4 is 23.4 Å². The van der Waals surface area contributed by atoms with Crippen LogP contribution in [0.2, 0.25) is 0 Å². The van der Waals surface area contributed by atoms with Crippen LogP contribution in [0.15, 0.2) is 67.0 Å². The average molecular weight is 571 g/mol. The maximum atomic E-state index is 13.8. The monoisotopic (exact) mass is 570 g/mol. The number of nitriles is 1. The molecule has 210 valence electrons. The number of carbonyl (C=O) groups excluding carboxylic acids is 3. The second kappa shape index (κ2) is 11.5. The predicted molar refractivity (Wildman–Crippen MR) is 144 cm³/mol. The number of nitrogens with one attached hydrogen (secondary N) is 2. The van der Waals surface area contributed by atoms with E-state index in [2.05, 4.69) is 20.6 Å². The first-order valence-corrected chi connectivity index (χ1v) is 12.6. The Morgan fingerprint density at radius 1 is 0.952 bits per heavy atom. The first kappa shape index (κ1) is 28.0. The number of amides is 3. The van der Waals surface area contributed by atoms with E-state index in [-0.39, 0.29) is 41.4 Å². The Hall–Kier alpha value is -5.57. The fraction of sp³-hybridized carbons (Fsp3) is 0.133. The third-order valence-electron chi connectivity index (χ3n) is 6.66. The van der Waals surface area contributed by atoms with Crippen LogP contribution in [0, 0.1) is 35.7 Å². The minimum atomic E-state index is -0.926. The molecule has 1 aromatic heterocycles. The Labute approximate surface area is 237 Å². The molecule has 4 aromatic rings. The van der Waals surface area contributed by atoms with Crippen LogP contribution in [0.5, 0.6) is 0 Å². The van der Waals surface area contributed by atoms with Gasteiger partial charge in [0.2, 0.25) is 0 Å². The van der Waals surface area contributed by atoms with Gasteiger partial charge in [-0.15, -0.1) is 0 Å². The van der Waals surface area contributed by atoms with Crippen LogP contribution in [0.1, 0.15) is 59.6 Å². The first-order valence-electron chi connectivity index (χ1n) is 12.6. The zero-order valence-corrected chi connectivity index (χ0v) is 22.0. The van der Waals surface area contributed by atoms with Gasteiger partial charge in [-0.05, 0) is 48.4 Å². The summed E-state index contributed by atoms with van der Waals surface area (Å²) in [4.78, 5) is 48.2. The van der Waals surface area contributed by atoms with Gasteiger partial charge in [-0.3, -0.25) is 14.4 Å². The Kier molecular flexibility index (Phi) is 7.66. The summed E-state index contributed by atoms with van der Waals surface area (Å²) in [6.45, 7) is 1.62.